The Morgan fingerprint density at radius 2 is 1.56 bits per heavy atom. The van der Waals surface area contributed by atoms with E-state index in [4.69, 9.17) is 11.6 Å². The Morgan fingerprint density at radius 1 is 0.882 bits per heavy atom. The molecule has 2 heterocycles. The van der Waals surface area contributed by atoms with E-state index in [2.05, 4.69) is 46.3 Å². The number of aromatic nitrogens is 1. The molecule has 1 amide bonds. The molecular weight excluding hydrogens is 450 g/mol. The van der Waals surface area contributed by atoms with Gasteiger partial charge in [-0.3, -0.25) is 4.79 Å². The Bertz CT molecular complexity index is 1340. The highest BCUT2D eigenvalue weighted by atomic mass is 35.5. The highest BCUT2D eigenvalue weighted by molar-refractivity contribution is 6.31. The summed E-state index contributed by atoms with van der Waals surface area (Å²) in [7, 11) is 0. The molecule has 4 aromatic rings. The van der Waals surface area contributed by atoms with Crippen LogP contribution in [0.5, 0.6) is 0 Å². The van der Waals surface area contributed by atoms with Crippen molar-refractivity contribution >= 4 is 40.1 Å². The lowest BCUT2D eigenvalue weighted by molar-refractivity contribution is -0.130. The van der Waals surface area contributed by atoms with Crippen LogP contribution in [-0.2, 0) is 11.2 Å². The molecule has 0 spiro atoms. The maximum atomic E-state index is 13.1. The zero-order valence-corrected chi connectivity index (χ0v) is 19.3. The van der Waals surface area contributed by atoms with Gasteiger partial charge in [0.25, 0.3) is 0 Å². The first-order valence-corrected chi connectivity index (χ1v) is 11.6. The molecule has 7 heteroatoms. The number of anilines is 1. The normalized spacial score (nSPS) is 13.9. The van der Waals surface area contributed by atoms with Gasteiger partial charge < -0.3 is 19.9 Å². The summed E-state index contributed by atoms with van der Waals surface area (Å²) in [5, 5.41) is 10.8. The molecule has 5 rings (SSSR count). The van der Waals surface area contributed by atoms with Crippen LogP contribution in [0, 0.1) is 0 Å². The minimum atomic E-state index is -1.08. The van der Waals surface area contributed by atoms with Gasteiger partial charge in [-0.2, -0.15) is 0 Å². The van der Waals surface area contributed by atoms with Crippen molar-refractivity contribution in [2.45, 2.75) is 6.42 Å². The summed E-state index contributed by atoms with van der Waals surface area (Å²) in [6.45, 7) is 2.62. The Labute approximate surface area is 202 Å². The number of piperazine rings is 1. The van der Waals surface area contributed by atoms with E-state index in [1.165, 1.54) is 11.1 Å². The molecule has 1 aromatic heterocycles. The van der Waals surface area contributed by atoms with Gasteiger partial charge in [0.2, 0.25) is 5.91 Å². The standard InChI is InChI=1S/C27H24ClN3O3/c28-20-8-11-24-22(16-20)23(26(29-24)27(33)34)17-25(32)31-14-12-30(13-15-31)21-9-6-19(7-10-21)18-4-2-1-3-5-18/h1-11,16,29H,12-15,17H2,(H,33,34). The zero-order valence-electron chi connectivity index (χ0n) is 18.5. The number of nitrogens with one attached hydrogen (secondary N) is 1. The maximum Gasteiger partial charge on any atom is 0.352 e. The minimum Gasteiger partial charge on any atom is -0.477 e. The zero-order chi connectivity index (χ0) is 23.7. The summed E-state index contributed by atoms with van der Waals surface area (Å²) in [5.74, 6) is -1.17. The van der Waals surface area contributed by atoms with Crippen molar-refractivity contribution in [3.8, 4) is 11.1 Å². The monoisotopic (exact) mass is 473 g/mol. The SMILES string of the molecule is O=C(O)c1[nH]c2ccc(Cl)cc2c1CC(=O)N1CCN(c2ccc(-c3ccccc3)cc2)CC1. The highest BCUT2D eigenvalue weighted by Crippen LogP contribution is 2.28. The smallest absolute Gasteiger partial charge is 0.352 e. The van der Waals surface area contributed by atoms with Crippen LogP contribution in [0.4, 0.5) is 5.69 Å². The number of carboxylic acid groups (broad SMARTS) is 1. The van der Waals surface area contributed by atoms with E-state index in [0.29, 0.717) is 34.6 Å². The van der Waals surface area contributed by atoms with Crippen LogP contribution in [0.2, 0.25) is 5.02 Å². The quantitative estimate of drug-likeness (QED) is 0.424. The second-order valence-corrected chi connectivity index (χ2v) is 8.87. The summed E-state index contributed by atoms with van der Waals surface area (Å²) >= 11 is 6.12. The number of aromatic carboxylic acids is 1. The predicted octanol–water partition coefficient (Wildman–Crippen LogP) is 5.08. The van der Waals surface area contributed by atoms with Gasteiger partial charge in [-0.15, -0.1) is 0 Å². The lowest BCUT2D eigenvalue weighted by Crippen LogP contribution is -2.49. The molecule has 0 unspecified atom stereocenters. The van der Waals surface area contributed by atoms with Crippen molar-refractivity contribution in [1.29, 1.82) is 0 Å². The largest absolute Gasteiger partial charge is 0.477 e. The molecule has 1 aliphatic heterocycles. The maximum absolute atomic E-state index is 13.1. The first-order valence-electron chi connectivity index (χ1n) is 11.2. The number of fused-ring (bicyclic) bond motifs is 1. The van der Waals surface area contributed by atoms with Crippen LogP contribution in [0.25, 0.3) is 22.0 Å². The Morgan fingerprint density at radius 3 is 2.24 bits per heavy atom. The van der Waals surface area contributed by atoms with Crippen molar-refractivity contribution < 1.29 is 14.7 Å². The van der Waals surface area contributed by atoms with Gasteiger partial charge in [-0.1, -0.05) is 54.1 Å². The molecule has 1 fully saturated rings. The number of benzene rings is 3. The number of carboxylic acids is 1. The van der Waals surface area contributed by atoms with Crippen LogP contribution in [0.15, 0.2) is 72.8 Å². The van der Waals surface area contributed by atoms with Gasteiger partial charge in [0.15, 0.2) is 0 Å². The van der Waals surface area contributed by atoms with Crippen LogP contribution < -0.4 is 4.90 Å². The molecule has 1 saturated heterocycles. The van der Waals surface area contributed by atoms with E-state index in [1.54, 1.807) is 18.2 Å². The fraction of sp³-hybridized carbons (Fsp3) is 0.185. The third kappa shape index (κ3) is 4.37. The first kappa shape index (κ1) is 22.0. The number of aromatic amines is 1. The summed E-state index contributed by atoms with van der Waals surface area (Å²) in [6, 6.07) is 23.9. The molecular formula is C27H24ClN3O3. The van der Waals surface area contributed by atoms with E-state index < -0.39 is 5.97 Å². The van der Waals surface area contributed by atoms with Crippen molar-refractivity contribution in [2.24, 2.45) is 0 Å². The molecule has 6 nitrogen and oxygen atoms in total. The van der Waals surface area contributed by atoms with Crippen molar-refractivity contribution in [2.75, 3.05) is 31.1 Å². The van der Waals surface area contributed by atoms with Gasteiger partial charge in [0.05, 0.1) is 6.42 Å². The highest BCUT2D eigenvalue weighted by Gasteiger charge is 2.25. The number of carbonyl (C=O) groups is 2. The molecule has 0 aliphatic carbocycles. The Kier molecular flexibility index (Phi) is 5.99. The molecule has 2 N–H and O–H groups in total. The Hall–Kier alpha value is -3.77. The van der Waals surface area contributed by atoms with E-state index in [-0.39, 0.29) is 18.0 Å². The van der Waals surface area contributed by atoms with Gasteiger partial charge in [-0.05, 0) is 41.5 Å². The molecule has 172 valence electrons. The second-order valence-electron chi connectivity index (χ2n) is 8.43. The van der Waals surface area contributed by atoms with Crippen LogP contribution in [0.3, 0.4) is 0 Å². The number of hydrogen-bond donors (Lipinski definition) is 2. The van der Waals surface area contributed by atoms with Crippen molar-refractivity contribution in [1.82, 2.24) is 9.88 Å². The predicted molar refractivity (Wildman–Crippen MR) is 135 cm³/mol. The summed E-state index contributed by atoms with van der Waals surface area (Å²) < 4.78 is 0. The third-order valence-electron chi connectivity index (χ3n) is 6.38. The number of carbonyl (C=O) groups excluding carboxylic acids is 1. The van der Waals surface area contributed by atoms with E-state index in [1.807, 2.05) is 23.1 Å². The number of nitrogens with zero attached hydrogens (tertiary/aromatic N) is 2. The number of rotatable bonds is 5. The van der Waals surface area contributed by atoms with E-state index >= 15 is 0 Å². The average molecular weight is 474 g/mol. The summed E-state index contributed by atoms with van der Waals surface area (Å²) in [6.07, 6.45) is 0.0216. The van der Waals surface area contributed by atoms with Crippen molar-refractivity contribution in [3.63, 3.8) is 0 Å². The third-order valence-corrected chi connectivity index (χ3v) is 6.62. The lowest BCUT2D eigenvalue weighted by atomic mass is 10.0. The van der Waals surface area contributed by atoms with Crippen molar-refractivity contribution in [3.05, 3.63) is 89.1 Å². The van der Waals surface area contributed by atoms with E-state index in [0.717, 1.165) is 18.8 Å². The van der Waals surface area contributed by atoms with Gasteiger partial charge in [0.1, 0.15) is 5.69 Å². The topological polar surface area (TPSA) is 76.6 Å². The van der Waals surface area contributed by atoms with Gasteiger partial charge in [0, 0.05) is 53.4 Å². The fourth-order valence-electron chi connectivity index (χ4n) is 4.56. The molecule has 0 atom stereocenters. The first-order chi connectivity index (χ1) is 16.5. The minimum absolute atomic E-state index is 0.0216. The van der Waals surface area contributed by atoms with Gasteiger partial charge in [-0.25, -0.2) is 4.79 Å². The fourth-order valence-corrected chi connectivity index (χ4v) is 4.73. The molecule has 1 aliphatic rings. The average Bonchev–Trinajstić information content (AvgIpc) is 3.22. The lowest BCUT2D eigenvalue weighted by Gasteiger charge is -2.36. The van der Waals surface area contributed by atoms with Crippen LogP contribution in [-0.4, -0.2) is 53.0 Å². The second kappa shape index (κ2) is 9.23. The number of H-pyrrole nitrogens is 1. The van der Waals surface area contributed by atoms with Crippen LogP contribution in [0.1, 0.15) is 16.1 Å². The summed E-state index contributed by atoms with van der Waals surface area (Å²) in [5.41, 5.74) is 4.67. The van der Waals surface area contributed by atoms with Gasteiger partial charge >= 0.3 is 5.97 Å². The van der Waals surface area contributed by atoms with Crippen LogP contribution >= 0.6 is 11.6 Å². The number of amides is 1. The molecule has 34 heavy (non-hydrogen) atoms. The summed E-state index contributed by atoms with van der Waals surface area (Å²) in [4.78, 5) is 31.8. The number of hydrogen-bond acceptors (Lipinski definition) is 3. The molecule has 3 aromatic carbocycles. The molecule has 0 radical (unpaired) electrons. The van der Waals surface area contributed by atoms with E-state index in [9.17, 15) is 14.7 Å². The number of halogens is 1. The Balaban J connectivity index is 1.26. The molecule has 0 bridgehead atoms. The molecule has 0 saturated carbocycles.